The molecule has 0 spiro atoms. The number of imide groups is 1. The van der Waals surface area contributed by atoms with Gasteiger partial charge in [0.2, 0.25) is 11.8 Å². The monoisotopic (exact) mass is 380 g/mol. The third-order valence-electron chi connectivity index (χ3n) is 6.23. The zero-order valence-corrected chi connectivity index (χ0v) is 18.6. The molecule has 0 N–H and O–H groups in total. The number of nitrogens with zero attached hydrogens (tertiary/aromatic N) is 2. The SMILES string of the molecule is CCCCC(CC)CN(CCN1C(=O)CC(C)C1=O)CC(CC)CCCC. The van der Waals surface area contributed by atoms with Gasteiger partial charge in [-0.25, -0.2) is 0 Å². The van der Waals surface area contributed by atoms with Crippen LogP contribution in [0.15, 0.2) is 0 Å². The molecular weight excluding hydrogens is 336 g/mol. The van der Waals surface area contributed by atoms with Crippen molar-refractivity contribution in [2.75, 3.05) is 26.2 Å². The maximum absolute atomic E-state index is 12.3. The highest BCUT2D eigenvalue weighted by Gasteiger charge is 2.35. The van der Waals surface area contributed by atoms with Gasteiger partial charge in [0.1, 0.15) is 0 Å². The van der Waals surface area contributed by atoms with Crippen molar-refractivity contribution in [2.24, 2.45) is 17.8 Å². The quantitative estimate of drug-likeness (QED) is 0.370. The molecule has 4 nitrogen and oxygen atoms in total. The van der Waals surface area contributed by atoms with Gasteiger partial charge in [0, 0.05) is 38.5 Å². The molecule has 0 aromatic carbocycles. The first kappa shape index (κ1) is 24.1. The third kappa shape index (κ3) is 8.33. The summed E-state index contributed by atoms with van der Waals surface area (Å²) in [5.41, 5.74) is 0. The molecule has 27 heavy (non-hydrogen) atoms. The molecule has 1 saturated heterocycles. The van der Waals surface area contributed by atoms with E-state index in [4.69, 9.17) is 0 Å². The van der Waals surface area contributed by atoms with Crippen molar-refractivity contribution in [2.45, 2.75) is 92.4 Å². The molecule has 0 aliphatic carbocycles. The molecule has 3 atom stereocenters. The topological polar surface area (TPSA) is 40.6 Å². The number of carbonyl (C=O) groups excluding carboxylic acids is 2. The maximum Gasteiger partial charge on any atom is 0.232 e. The molecule has 1 heterocycles. The normalized spacial score (nSPS) is 19.9. The van der Waals surface area contributed by atoms with Gasteiger partial charge in [-0.1, -0.05) is 73.1 Å². The summed E-state index contributed by atoms with van der Waals surface area (Å²) >= 11 is 0. The second-order valence-corrected chi connectivity index (χ2v) is 8.58. The van der Waals surface area contributed by atoms with Crippen LogP contribution in [0.4, 0.5) is 0 Å². The van der Waals surface area contributed by atoms with Gasteiger partial charge in [0.25, 0.3) is 0 Å². The smallest absolute Gasteiger partial charge is 0.232 e. The van der Waals surface area contributed by atoms with Crippen LogP contribution in [0.5, 0.6) is 0 Å². The molecular formula is C23H44N2O2. The van der Waals surface area contributed by atoms with E-state index in [1.165, 1.54) is 56.3 Å². The number of unbranched alkanes of at least 4 members (excludes halogenated alkanes) is 2. The van der Waals surface area contributed by atoms with Crippen molar-refractivity contribution >= 4 is 11.8 Å². The summed E-state index contributed by atoms with van der Waals surface area (Å²) in [4.78, 5) is 28.5. The first-order valence-electron chi connectivity index (χ1n) is 11.5. The molecule has 4 heteroatoms. The largest absolute Gasteiger partial charge is 0.301 e. The molecule has 2 amide bonds. The zero-order chi connectivity index (χ0) is 20.2. The van der Waals surface area contributed by atoms with Crippen molar-refractivity contribution in [3.63, 3.8) is 0 Å². The molecule has 1 fully saturated rings. The summed E-state index contributed by atoms with van der Waals surface area (Å²) in [6.07, 6.45) is 10.5. The molecule has 0 aromatic heterocycles. The second kappa shape index (κ2) is 13.3. The van der Waals surface area contributed by atoms with Gasteiger partial charge < -0.3 is 4.90 Å². The average molecular weight is 381 g/mol. The fourth-order valence-electron chi connectivity index (χ4n) is 4.15. The van der Waals surface area contributed by atoms with Crippen LogP contribution in [0.25, 0.3) is 0 Å². The summed E-state index contributed by atoms with van der Waals surface area (Å²) in [7, 11) is 0. The van der Waals surface area contributed by atoms with E-state index in [1.54, 1.807) is 0 Å². The molecule has 1 aliphatic heterocycles. The van der Waals surface area contributed by atoms with Gasteiger partial charge in [0.05, 0.1) is 0 Å². The highest BCUT2D eigenvalue weighted by molar-refractivity contribution is 6.03. The van der Waals surface area contributed by atoms with Gasteiger partial charge in [-0.3, -0.25) is 14.5 Å². The van der Waals surface area contributed by atoms with Crippen LogP contribution in [0.3, 0.4) is 0 Å². The number of likely N-dealkylation sites (tertiary alicyclic amines) is 1. The van der Waals surface area contributed by atoms with E-state index < -0.39 is 0 Å². The molecule has 0 aromatic rings. The predicted octanol–water partition coefficient (Wildman–Crippen LogP) is 5.12. The highest BCUT2D eigenvalue weighted by atomic mass is 16.2. The molecule has 0 radical (unpaired) electrons. The average Bonchev–Trinajstić information content (AvgIpc) is 2.91. The van der Waals surface area contributed by atoms with E-state index in [-0.39, 0.29) is 17.7 Å². The molecule has 1 aliphatic rings. The van der Waals surface area contributed by atoms with E-state index in [0.29, 0.717) is 13.0 Å². The van der Waals surface area contributed by atoms with Gasteiger partial charge in [-0.05, 0) is 24.7 Å². The first-order valence-corrected chi connectivity index (χ1v) is 11.5. The number of rotatable bonds is 15. The maximum atomic E-state index is 12.3. The van der Waals surface area contributed by atoms with Crippen LogP contribution in [0.2, 0.25) is 0 Å². The van der Waals surface area contributed by atoms with Crippen molar-refractivity contribution < 1.29 is 9.59 Å². The fourth-order valence-corrected chi connectivity index (χ4v) is 4.15. The summed E-state index contributed by atoms with van der Waals surface area (Å²) in [5.74, 6) is 1.35. The van der Waals surface area contributed by atoms with Gasteiger partial charge in [-0.2, -0.15) is 0 Å². The molecule has 0 saturated carbocycles. The van der Waals surface area contributed by atoms with Crippen LogP contribution in [0, 0.1) is 17.8 Å². The fraction of sp³-hybridized carbons (Fsp3) is 0.913. The van der Waals surface area contributed by atoms with Crippen LogP contribution < -0.4 is 0 Å². The van der Waals surface area contributed by atoms with Crippen LogP contribution in [-0.4, -0.2) is 47.8 Å². The zero-order valence-electron chi connectivity index (χ0n) is 18.6. The summed E-state index contributed by atoms with van der Waals surface area (Å²) in [6, 6.07) is 0. The van der Waals surface area contributed by atoms with Gasteiger partial charge in [-0.15, -0.1) is 0 Å². The number of carbonyl (C=O) groups is 2. The Labute approximate surface area is 168 Å². The Hall–Kier alpha value is -0.900. The lowest BCUT2D eigenvalue weighted by Gasteiger charge is -2.31. The van der Waals surface area contributed by atoms with Crippen LogP contribution >= 0.6 is 0 Å². The number of amides is 2. The number of hydrogen-bond donors (Lipinski definition) is 0. The Morgan fingerprint density at radius 1 is 0.963 bits per heavy atom. The third-order valence-corrected chi connectivity index (χ3v) is 6.23. The van der Waals surface area contributed by atoms with Crippen molar-refractivity contribution in [3.8, 4) is 0 Å². The number of hydrogen-bond acceptors (Lipinski definition) is 3. The predicted molar refractivity (Wildman–Crippen MR) is 114 cm³/mol. The summed E-state index contributed by atoms with van der Waals surface area (Å²) in [5, 5.41) is 0. The highest BCUT2D eigenvalue weighted by Crippen LogP contribution is 2.21. The Bertz CT molecular complexity index is 420. The first-order chi connectivity index (χ1) is 13.0. The molecule has 0 bridgehead atoms. The molecule has 3 unspecified atom stereocenters. The Balaban J connectivity index is 2.70. The lowest BCUT2D eigenvalue weighted by Crippen LogP contribution is -2.42. The van der Waals surface area contributed by atoms with Crippen LogP contribution in [-0.2, 0) is 9.59 Å². The minimum Gasteiger partial charge on any atom is -0.301 e. The summed E-state index contributed by atoms with van der Waals surface area (Å²) in [6.45, 7) is 14.6. The minimum atomic E-state index is -0.133. The lowest BCUT2D eigenvalue weighted by molar-refractivity contribution is -0.139. The second-order valence-electron chi connectivity index (χ2n) is 8.58. The Kier molecular flexibility index (Phi) is 11.9. The Morgan fingerprint density at radius 3 is 1.85 bits per heavy atom. The van der Waals surface area contributed by atoms with Crippen molar-refractivity contribution in [3.05, 3.63) is 0 Å². The standard InChI is InChI=1S/C23H44N2O2/c1-6-10-12-20(8-3)17-24(18-21(9-4)13-11-7-2)14-15-25-22(26)16-19(5)23(25)27/h19-21H,6-18H2,1-5H3. The van der Waals surface area contributed by atoms with Crippen molar-refractivity contribution in [1.82, 2.24) is 9.80 Å². The van der Waals surface area contributed by atoms with Gasteiger partial charge in [0.15, 0.2) is 0 Å². The minimum absolute atomic E-state index is 0.0171. The van der Waals surface area contributed by atoms with E-state index >= 15 is 0 Å². The summed E-state index contributed by atoms with van der Waals surface area (Å²) < 4.78 is 0. The van der Waals surface area contributed by atoms with E-state index in [9.17, 15) is 9.59 Å². The molecule has 158 valence electrons. The molecule has 1 rings (SSSR count). The van der Waals surface area contributed by atoms with E-state index in [0.717, 1.165) is 31.5 Å². The van der Waals surface area contributed by atoms with E-state index in [2.05, 4.69) is 32.6 Å². The van der Waals surface area contributed by atoms with Gasteiger partial charge >= 0.3 is 0 Å². The Morgan fingerprint density at radius 2 is 1.48 bits per heavy atom. The van der Waals surface area contributed by atoms with Crippen LogP contribution in [0.1, 0.15) is 92.4 Å². The lowest BCUT2D eigenvalue weighted by atomic mass is 9.95. The van der Waals surface area contributed by atoms with E-state index in [1.807, 2.05) is 6.92 Å². The van der Waals surface area contributed by atoms with Crippen molar-refractivity contribution in [1.29, 1.82) is 0 Å².